The second-order valence-corrected chi connectivity index (χ2v) is 4.70. The van der Waals surface area contributed by atoms with Crippen molar-refractivity contribution in [1.82, 2.24) is 0 Å². The number of ketones is 1. The number of hydrogen-bond acceptors (Lipinski definition) is 1. The van der Waals surface area contributed by atoms with Crippen molar-refractivity contribution < 1.29 is 4.79 Å². The Bertz CT molecular complexity index is 302. The summed E-state index contributed by atoms with van der Waals surface area (Å²) in [4.78, 5) is 10.8. The average Bonchev–Trinajstić information content (AvgIpc) is 2.01. The van der Waals surface area contributed by atoms with Crippen molar-refractivity contribution in [2.24, 2.45) is 5.41 Å². The summed E-state index contributed by atoms with van der Waals surface area (Å²) in [6.45, 7) is 5.58. The van der Waals surface area contributed by atoms with Gasteiger partial charge < -0.3 is 0 Å². The third kappa shape index (κ3) is 1.82. The van der Waals surface area contributed by atoms with E-state index in [-0.39, 0.29) is 5.78 Å². The fourth-order valence-corrected chi connectivity index (χ4v) is 1.81. The van der Waals surface area contributed by atoms with Gasteiger partial charge in [0.2, 0.25) is 0 Å². The molecule has 0 bridgehead atoms. The second-order valence-electron chi connectivity index (χ2n) is 3.60. The van der Waals surface area contributed by atoms with Crippen molar-refractivity contribution in [3.8, 4) is 0 Å². The van der Waals surface area contributed by atoms with E-state index in [0.29, 0.717) is 5.57 Å². The molecule has 72 valence electrons. The first-order valence-electron chi connectivity index (χ1n) is 4.08. The summed E-state index contributed by atoms with van der Waals surface area (Å²) in [6.07, 6.45) is 3.45. The summed E-state index contributed by atoms with van der Waals surface area (Å²) < 4.78 is 0. The molecule has 0 radical (unpaired) electrons. The van der Waals surface area contributed by atoms with Crippen LogP contribution in [0, 0.1) is 5.41 Å². The lowest BCUT2D eigenvalue weighted by molar-refractivity contribution is -0.111. The van der Waals surface area contributed by atoms with Crippen LogP contribution in [-0.2, 0) is 4.79 Å². The summed E-state index contributed by atoms with van der Waals surface area (Å²) >= 11 is 11.7. The minimum absolute atomic E-state index is 0.0453. The van der Waals surface area contributed by atoms with Crippen molar-refractivity contribution >= 4 is 29.0 Å². The minimum atomic E-state index is -0.521. The molecule has 1 aliphatic carbocycles. The van der Waals surface area contributed by atoms with Crippen molar-refractivity contribution in [3.05, 3.63) is 23.3 Å². The van der Waals surface area contributed by atoms with Crippen LogP contribution in [0.15, 0.2) is 23.3 Å². The summed E-state index contributed by atoms with van der Waals surface area (Å²) in [6, 6.07) is 0. The predicted octanol–water partition coefficient (Wildman–Crippen LogP) is 3.27. The molecular weight excluding hydrogens is 207 g/mol. The molecule has 0 unspecified atom stereocenters. The van der Waals surface area contributed by atoms with Crippen LogP contribution in [0.25, 0.3) is 0 Å². The van der Waals surface area contributed by atoms with Gasteiger partial charge in [-0.15, -0.1) is 23.2 Å². The highest BCUT2D eigenvalue weighted by molar-refractivity contribution is 6.45. The lowest BCUT2D eigenvalue weighted by atomic mass is 9.78. The van der Waals surface area contributed by atoms with Gasteiger partial charge in [-0.25, -0.2) is 0 Å². The number of hydrogen-bond donors (Lipinski definition) is 0. The van der Waals surface area contributed by atoms with Crippen LogP contribution >= 0.6 is 23.2 Å². The molecule has 0 saturated carbocycles. The van der Waals surface area contributed by atoms with Gasteiger partial charge in [0.15, 0.2) is 5.78 Å². The molecule has 1 aliphatic rings. The van der Waals surface area contributed by atoms with Gasteiger partial charge in [0, 0.05) is 5.41 Å². The largest absolute Gasteiger partial charge is 0.290 e. The standard InChI is InChI=1S/C10H12Cl2O/c1-6-5-10(3,9(11)12)7(2)4-8(6)13/h4-5,9H,1-3H3/t10-/m0/s1. The van der Waals surface area contributed by atoms with Gasteiger partial charge in [-0.05, 0) is 32.4 Å². The third-order valence-electron chi connectivity index (χ3n) is 2.56. The Kier molecular flexibility index (Phi) is 2.88. The molecule has 0 aromatic heterocycles. The zero-order chi connectivity index (χ0) is 10.2. The van der Waals surface area contributed by atoms with Crippen LogP contribution in [-0.4, -0.2) is 10.6 Å². The van der Waals surface area contributed by atoms with E-state index in [4.69, 9.17) is 23.2 Å². The highest BCUT2D eigenvalue weighted by atomic mass is 35.5. The highest BCUT2D eigenvalue weighted by Crippen LogP contribution is 2.41. The van der Waals surface area contributed by atoms with Gasteiger partial charge in [0.1, 0.15) is 4.84 Å². The molecule has 0 fully saturated rings. The van der Waals surface area contributed by atoms with Crippen LogP contribution in [0.3, 0.4) is 0 Å². The summed E-state index contributed by atoms with van der Waals surface area (Å²) in [5, 5.41) is 0. The summed E-state index contributed by atoms with van der Waals surface area (Å²) in [7, 11) is 0. The molecule has 3 heteroatoms. The molecule has 13 heavy (non-hydrogen) atoms. The van der Waals surface area contributed by atoms with E-state index in [0.717, 1.165) is 5.57 Å². The predicted molar refractivity (Wildman–Crippen MR) is 56.1 cm³/mol. The molecule has 0 aromatic carbocycles. The Morgan fingerprint density at radius 1 is 1.38 bits per heavy atom. The van der Waals surface area contributed by atoms with E-state index in [1.165, 1.54) is 0 Å². The maximum Gasteiger partial charge on any atom is 0.181 e. The lowest BCUT2D eigenvalue weighted by Gasteiger charge is -2.31. The Labute approximate surface area is 88.4 Å². The van der Waals surface area contributed by atoms with E-state index in [1.807, 2.05) is 19.9 Å². The smallest absolute Gasteiger partial charge is 0.181 e. The van der Waals surface area contributed by atoms with Gasteiger partial charge in [0.25, 0.3) is 0 Å². The first-order chi connectivity index (χ1) is 5.88. The molecule has 0 aliphatic heterocycles. The van der Waals surface area contributed by atoms with E-state index in [2.05, 4.69) is 0 Å². The number of carbonyl (C=O) groups is 1. The quantitative estimate of drug-likeness (QED) is 0.618. The molecule has 0 amide bonds. The molecule has 1 atom stereocenters. The van der Waals surface area contributed by atoms with Crippen LogP contribution in [0.1, 0.15) is 20.8 Å². The number of alkyl halides is 2. The number of halogens is 2. The van der Waals surface area contributed by atoms with Crippen molar-refractivity contribution in [2.75, 3.05) is 0 Å². The van der Waals surface area contributed by atoms with Crippen molar-refractivity contribution in [2.45, 2.75) is 25.6 Å². The molecule has 0 N–H and O–H groups in total. The second kappa shape index (κ2) is 3.47. The monoisotopic (exact) mass is 218 g/mol. The third-order valence-corrected chi connectivity index (χ3v) is 3.46. The number of rotatable bonds is 1. The van der Waals surface area contributed by atoms with Crippen LogP contribution in [0.4, 0.5) is 0 Å². The normalized spacial score (nSPS) is 28.9. The van der Waals surface area contributed by atoms with E-state index >= 15 is 0 Å². The molecule has 0 spiro atoms. The molecular formula is C10H12Cl2O. The Morgan fingerprint density at radius 3 is 2.38 bits per heavy atom. The van der Waals surface area contributed by atoms with Crippen LogP contribution in [0.5, 0.6) is 0 Å². The number of allylic oxidation sites excluding steroid dienone is 4. The highest BCUT2D eigenvalue weighted by Gasteiger charge is 2.34. The van der Waals surface area contributed by atoms with Crippen LogP contribution < -0.4 is 0 Å². The SMILES string of the molecule is CC1=C[C@](C)(C(Cl)Cl)C(C)=CC1=O. The van der Waals surface area contributed by atoms with E-state index in [1.54, 1.807) is 13.0 Å². The average molecular weight is 219 g/mol. The molecule has 1 rings (SSSR count). The molecule has 0 aromatic rings. The molecule has 0 saturated heterocycles. The number of carbonyl (C=O) groups excluding carboxylic acids is 1. The van der Waals surface area contributed by atoms with Crippen molar-refractivity contribution in [3.63, 3.8) is 0 Å². The van der Waals surface area contributed by atoms with E-state index < -0.39 is 10.3 Å². The Morgan fingerprint density at radius 2 is 1.92 bits per heavy atom. The van der Waals surface area contributed by atoms with Gasteiger partial charge >= 0.3 is 0 Å². The minimum Gasteiger partial charge on any atom is -0.290 e. The summed E-state index contributed by atoms with van der Waals surface area (Å²) in [5.74, 6) is 0.0453. The van der Waals surface area contributed by atoms with Crippen LogP contribution in [0.2, 0.25) is 0 Å². The molecule has 1 nitrogen and oxygen atoms in total. The van der Waals surface area contributed by atoms with Gasteiger partial charge in [0.05, 0.1) is 0 Å². The van der Waals surface area contributed by atoms with E-state index in [9.17, 15) is 4.79 Å². The fraction of sp³-hybridized carbons (Fsp3) is 0.500. The zero-order valence-electron chi connectivity index (χ0n) is 7.90. The topological polar surface area (TPSA) is 17.1 Å². The van der Waals surface area contributed by atoms with Crippen molar-refractivity contribution in [1.29, 1.82) is 0 Å². The Balaban J connectivity index is 3.15. The first kappa shape index (κ1) is 10.8. The maximum absolute atomic E-state index is 11.3. The van der Waals surface area contributed by atoms with Gasteiger partial charge in [-0.2, -0.15) is 0 Å². The summed E-state index contributed by atoms with van der Waals surface area (Å²) in [5.41, 5.74) is 1.22. The van der Waals surface area contributed by atoms with Gasteiger partial charge in [-0.1, -0.05) is 11.6 Å². The Hall–Kier alpha value is -0.270. The van der Waals surface area contributed by atoms with Gasteiger partial charge in [-0.3, -0.25) is 4.79 Å². The first-order valence-corrected chi connectivity index (χ1v) is 4.96. The fourth-order valence-electron chi connectivity index (χ4n) is 1.34. The zero-order valence-corrected chi connectivity index (χ0v) is 9.41. The molecule has 0 heterocycles. The lowest BCUT2D eigenvalue weighted by Crippen LogP contribution is -2.27. The maximum atomic E-state index is 11.3.